The number of benzene rings is 1. The number of nitrogens with two attached hydrogens (primary N) is 3. The van der Waals surface area contributed by atoms with E-state index in [0.717, 1.165) is 6.54 Å². The molecule has 3 rings (SSSR count). The van der Waals surface area contributed by atoms with Gasteiger partial charge in [-0.05, 0) is 58.1 Å². The standard InChI is InChI=1S/C16H24N2.C7H11F2NO.C5H12O3.2C2H6.H4N2/c1-13(17-3)12-16-14(2)18(16)11-7-10-15-8-5-4-6-9-15;8-7(9)3-1-5(2-4-7)6(10)11;1-3-4(2)5(6,7)8;3*1-2/h4-6,8-9,13,16-17H,2,7,10-12H2,1,3H3;5H,1-4H2,(H2,10,11);4,6-8H,3H2,1-2H3;2*1-2H3;1-2H2. The summed E-state index contributed by atoms with van der Waals surface area (Å²) in [6, 6.07) is 11.9. The lowest BCUT2D eigenvalue weighted by Gasteiger charge is -2.25. The van der Waals surface area contributed by atoms with Crippen molar-refractivity contribution in [3.63, 3.8) is 0 Å². The Morgan fingerprint density at radius 3 is 1.95 bits per heavy atom. The number of halogens is 2. The van der Waals surface area contributed by atoms with E-state index in [0.29, 0.717) is 18.5 Å². The van der Waals surface area contributed by atoms with Gasteiger partial charge in [-0.2, -0.15) is 0 Å². The molecule has 1 amide bonds. The minimum absolute atomic E-state index is 0.194. The third-order valence-corrected chi connectivity index (χ3v) is 7.23. The average Bonchev–Trinajstić information content (AvgIpc) is 3.61. The Hall–Kier alpha value is -2.15. The van der Waals surface area contributed by atoms with Crippen LogP contribution in [0.15, 0.2) is 42.6 Å². The maximum absolute atomic E-state index is 12.5. The molecule has 11 heteroatoms. The number of hydrogen-bond acceptors (Lipinski definition) is 8. The molecule has 1 aromatic rings. The van der Waals surface area contributed by atoms with Crippen molar-refractivity contribution in [1.29, 1.82) is 0 Å². The van der Waals surface area contributed by atoms with Crippen LogP contribution in [0.4, 0.5) is 8.78 Å². The molecule has 1 aliphatic carbocycles. The van der Waals surface area contributed by atoms with Crippen molar-refractivity contribution in [3.8, 4) is 0 Å². The van der Waals surface area contributed by atoms with Crippen molar-refractivity contribution in [2.24, 2.45) is 29.3 Å². The molecule has 9 nitrogen and oxygen atoms in total. The van der Waals surface area contributed by atoms with E-state index in [1.54, 1.807) is 13.8 Å². The topological polar surface area (TPSA) is 171 Å². The number of rotatable bonds is 10. The number of aryl methyl sites for hydroxylation is 1. The first-order chi connectivity index (χ1) is 20.2. The van der Waals surface area contributed by atoms with Crippen LogP contribution >= 0.6 is 0 Å². The number of nitrogens with zero attached hydrogens (tertiary/aromatic N) is 1. The Morgan fingerprint density at radius 1 is 1.09 bits per heavy atom. The van der Waals surface area contributed by atoms with Crippen LogP contribution in [0.3, 0.4) is 0 Å². The summed E-state index contributed by atoms with van der Waals surface area (Å²) in [4.78, 5) is 13.0. The molecule has 1 aliphatic heterocycles. The summed E-state index contributed by atoms with van der Waals surface area (Å²) in [5.41, 5.74) is 7.73. The normalized spacial score (nSPS) is 18.2. The van der Waals surface area contributed by atoms with Crippen LogP contribution in [0.5, 0.6) is 0 Å². The average molecular weight is 620 g/mol. The summed E-state index contributed by atoms with van der Waals surface area (Å²) < 4.78 is 25.0. The zero-order chi connectivity index (χ0) is 34.2. The predicted octanol–water partition coefficient (Wildman–Crippen LogP) is 4.65. The van der Waals surface area contributed by atoms with Crippen LogP contribution in [-0.2, 0) is 11.2 Å². The summed E-state index contributed by atoms with van der Waals surface area (Å²) in [7, 11) is 2.02. The number of hydrazine groups is 1. The van der Waals surface area contributed by atoms with Gasteiger partial charge in [0.05, 0.1) is 6.04 Å². The predicted molar refractivity (Wildman–Crippen MR) is 174 cm³/mol. The van der Waals surface area contributed by atoms with Gasteiger partial charge in [0.2, 0.25) is 11.8 Å². The van der Waals surface area contributed by atoms with E-state index in [9.17, 15) is 13.6 Å². The zero-order valence-electron chi connectivity index (χ0n) is 28.0. The summed E-state index contributed by atoms with van der Waals surface area (Å²) in [5, 5.41) is 28.5. The molecule has 0 aromatic heterocycles. The molecule has 1 heterocycles. The number of aliphatic hydroxyl groups is 3. The number of carbonyl (C=O) groups excluding carboxylic acids is 1. The molecule has 1 aromatic carbocycles. The molecule has 43 heavy (non-hydrogen) atoms. The van der Waals surface area contributed by atoms with E-state index < -0.39 is 23.7 Å². The Morgan fingerprint density at radius 2 is 1.58 bits per heavy atom. The summed E-state index contributed by atoms with van der Waals surface area (Å²) >= 11 is 0. The Kier molecular flexibility index (Phi) is 26.5. The smallest absolute Gasteiger partial charge is 0.277 e. The van der Waals surface area contributed by atoms with Gasteiger partial charge in [-0.1, -0.05) is 78.5 Å². The lowest BCUT2D eigenvalue weighted by molar-refractivity contribution is -0.339. The fraction of sp³-hybridized carbons (Fsp3) is 0.719. The molecule has 0 radical (unpaired) electrons. The van der Waals surface area contributed by atoms with E-state index in [1.807, 2.05) is 34.7 Å². The van der Waals surface area contributed by atoms with Gasteiger partial charge in [0.25, 0.3) is 5.97 Å². The summed E-state index contributed by atoms with van der Waals surface area (Å²) in [6.45, 7) is 18.8. The summed E-state index contributed by atoms with van der Waals surface area (Å²) in [6.07, 6.45) is 4.20. The zero-order valence-corrected chi connectivity index (χ0v) is 28.0. The highest BCUT2D eigenvalue weighted by Crippen LogP contribution is 2.36. The van der Waals surface area contributed by atoms with Gasteiger partial charge >= 0.3 is 0 Å². The minimum Gasteiger partial charge on any atom is -0.369 e. The van der Waals surface area contributed by atoms with E-state index in [4.69, 9.17) is 21.1 Å². The number of amides is 1. The quantitative estimate of drug-likeness (QED) is 0.0859. The van der Waals surface area contributed by atoms with Gasteiger partial charge in [0, 0.05) is 43.0 Å². The third kappa shape index (κ3) is 21.2. The lowest BCUT2D eigenvalue weighted by atomic mass is 9.86. The molecule has 0 spiro atoms. The highest BCUT2D eigenvalue weighted by Gasteiger charge is 2.38. The Bertz CT molecular complexity index is 816. The highest BCUT2D eigenvalue weighted by molar-refractivity contribution is 5.76. The van der Waals surface area contributed by atoms with Gasteiger partial charge < -0.3 is 31.3 Å². The molecule has 254 valence electrons. The van der Waals surface area contributed by atoms with Gasteiger partial charge in [-0.3, -0.25) is 16.5 Å². The van der Waals surface area contributed by atoms with Crippen molar-refractivity contribution in [2.75, 3.05) is 13.6 Å². The molecule has 1 saturated carbocycles. The number of alkyl halides is 2. The third-order valence-electron chi connectivity index (χ3n) is 7.23. The second-order valence-electron chi connectivity index (χ2n) is 10.2. The van der Waals surface area contributed by atoms with Crippen LogP contribution in [0, 0.1) is 11.8 Å². The maximum atomic E-state index is 12.5. The van der Waals surface area contributed by atoms with Crippen molar-refractivity contribution in [3.05, 3.63) is 48.2 Å². The molecule has 2 fully saturated rings. The molecule has 1 saturated heterocycles. The van der Waals surface area contributed by atoms with Crippen LogP contribution in [0.25, 0.3) is 0 Å². The molecule has 3 unspecified atom stereocenters. The van der Waals surface area contributed by atoms with Crippen LogP contribution < -0.4 is 22.7 Å². The van der Waals surface area contributed by atoms with E-state index >= 15 is 0 Å². The second-order valence-corrected chi connectivity index (χ2v) is 10.2. The van der Waals surface area contributed by atoms with Gasteiger partial charge in [-0.25, -0.2) is 8.78 Å². The van der Waals surface area contributed by atoms with Gasteiger partial charge in [-0.15, -0.1) is 0 Å². The first-order valence-corrected chi connectivity index (χ1v) is 15.6. The monoisotopic (exact) mass is 619 g/mol. The fourth-order valence-corrected chi connectivity index (χ4v) is 4.05. The van der Waals surface area contributed by atoms with E-state index in [2.05, 4.69) is 65.7 Å². The van der Waals surface area contributed by atoms with Gasteiger partial charge in [0.15, 0.2) is 0 Å². The number of nitrogens with one attached hydrogen (secondary N) is 1. The van der Waals surface area contributed by atoms with Crippen molar-refractivity contribution >= 4 is 5.91 Å². The molecule has 10 N–H and O–H groups in total. The Labute approximate surface area is 259 Å². The highest BCUT2D eigenvalue weighted by atomic mass is 19.3. The molecule has 0 bridgehead atoms. The number of hydrogen-bond donors (Lipinski definition) is 7. The van der Waals surface area contributed by atoms with E-state index in [1.165, 1.54) is 30.5 Å². The van der Waals surface area contributed by atoms with E-state index in [-0.39, 0.29) is 31.6 Å². The summed E-state index contributed by atoms with van der Waals surface area (Å²) in [5.74, 6) is 1.69. The molecule has 3 atom stereocenters. The lowest BCUT2D eigenvalue weighted by Crippen LogP contribution is -2.34. The van der Waals surface area contributed by atoms with Crippen LogP contribution in [0.1, 0.15) is 99.0 Å². The first kappa shape index (κ1) is 45.3. The minimum atomic E-state index is -2.56. The first-order valence-electron chi connectivity index (χ1n) is 15.6. The van der Waals surface area contributed by atoms with Crippen molar-refractivity contribution in [2.45, 2.75) is 124 Å². The fourth-order valence-electron chi connectivity index (χ4n) is 4.05. The molecule has 2 aliphatic rings. The molecular weight excluding hydrogens is 556 g/mol. The number of carbonyl (C=O) groups is 1. The number of primary amides is 1. The van der Waals surface area contributed by atoms with Crippen molar-refractivity contribution in [1.82, 2.24) is 10.2 Å². The Balaban J connectivity index is -0.000000551. The van der Waals surface area contributed by atoms with Crippen LogP contribution in [0.2, 0.25) is 0 Å². The second kappa shape index (κ2) is 25.2. The van der Waals surface area contributed by atoms with Crippen LogP contribution in [-0.4, -0.2) is 63.7 Å². The van der Waals surface area contributed by atoms with Crippen molar-refractivity contribution < 1.29 is 28.9 Å². The molecular formula is C32H63F2N5O4. The van der Waals surface area contributed by atoms with Gasteiger partial charge in [0.1, 0.15) is 0 Å². The SMILES string of the molecule is C=C1C(CC(C)NC)N1CCCc1ccccc1.CC.CC.CCC(C)C(O)(O)O.NC(=O)C1CCC(F)(F)CC1.NN. The maximum Gasteiger partial charge on any atom is 0.277 e. The largest absolute Gasteiger partial charge is 0.369 e.